The molecule has 1 N–H and O–H groups in total. The lowest BCUT2D eigenvalue weighted by Crippen LogP contribution is -2.43. The van der Waals surface area contributed by atoms with Crippen LogP contribution in [0.4, 0.5) is 0 Å². The zero-order valence-electron chi connectivity index (χ0n) is 11.7. The Morgan fingerprint density at radius 3 is 2.12 bits per heavy atom. The Hall–Kier alpha value is -0.123. The van der Waals surface area contributed by atoms with Crippen LogP contribution in [0, 0.1) is 0 Å². The van der Waals surface area contributed by atoms with E-state index in [4.69, 9.17) is 4.43 Å². The van der Waals surface area contributed by atoms with Gasteiger partial charge in [0.15, 0.2) is 8.32 Å². The second-order valence-electron chi connectivity index (χ2n) is 6.08. The molecular formula is C13H28O2Si. The van der Waals surface area contributed by atoms with Gasteiger partial charge in [-0.2, -0.15) is 0 Å². The zero-order valence-corrected chi connectivity index (χ0v) is 12.7. The van der Waals surface area contributed by atoms with Gasteiger partial charge in [0.25, 0.3) is 0 Å². The van der Waals surface area contributed by atoms with Crippen molar-refractivity contribution in [2.75, 3.05) is 0 Å². The van der Waals surface area contributed by atoms with Crippen LogP contribution in [0.3, 0.4) is 0 Å². The van der Waals surface area contributed by atoms with Crippen LogP contribution in [0.5, 0.6) is 0 Å². The molecule has 0 rings (SSSR count). The van der Waals surface area contributed by atoms with Crippen LogP contribution in [0.25, 0.3) is 0 Å². The molecule has 2 atom stereocenters. The van der Waals surface area contributed by atoms with Gasteiger partial charge >= 0.3 is 0 Å². The van der Waals surface area contributed by atoms with Gasteiger partial charge in [0, 0.05) is 0 Å². The van der Waals surface area contributed by atoms with Crippen molar-refractivity contribution in [2.45, 2.75) is 70.9 Å². The highest BCUT2D eigenvalue weighted by Gasteiger charge is 2.38. The molecule has 3 heteroatoms. The first kappa shape index (κ1) is 15.9. The topological polar surface area (TPSA) is 29.5 Å². The summed E-state index contributed by atoms with van der Waals surface area (Å²) in [5.41, 5.74) is 0. The maximum absolute atomic E-state index is 9.28. The van der Waals surface area contributed by atoms with Gasteiger partial charge in [0.2, 0.25) is 0 Å². The van der Waals surface area contributed by atoms with E-state index >= 15 is 0 Å². The Balaban J connectivity index is 4.37. The second kappa shape index (κ2) is 5.99. The van der Waals surface area contributed by atoms with Crippen LogP contribution in [-0.2, 0) is 4.43 Å². The third-order valence-electron chi connectivity index (χ3n) is 3.38. The molecule has 0 unspecified atom stereocenters. The molecule has 0 aromatic carbocycles. The molecule has 96 valence electrons. The monoisotopic (exact) mass is 244 g/mol. The van der Waals surface area contributed by atoms with E-state index in [-0.39, 0.29) is 17.2 Å². The summed E-state index contributed by atoms with van der Waals surface area (Å²) in [7, 11) is -1.71. The number of rotatable bonds is 6. The van der Waals surface area contributed by atoms with Crippen molar-refractivity contribution >= 4 is 8.32 Å². The number of hydrogen-bond acceptors (Lipinski definition) is 2. The molecule has 0 aliphatic heterocycles. The fourth-order valence-electron chi connectivity index (χ4n) is 1.19. The van der Waals surface area contributed by atoms with Crippen molar-refractivity contribution in [3.05, 3.63) is 12.7 Å². The fraction of sp³-hybridized carbons (Fsp3) is 0.846. The minimum Gasteiger partial charge on any atom is -0.411 e. The summed E-state index contributed by atoms with van der Waals surface area (Å²) in [4.78, 5) is 0. The molecule has 0 heterocycles. The predicted octanol–water partition coefficient (Wildman–Crippen LogP) is 3.72. The van der Waals surface area contributed by atoms with Crippen LogP contribution in [0.1, 0.15) is 40.5 Å². The zero-order chi connectivity index (χ0) is 13.0. The van der Waals surface area contributed by atoms with Crippen molar-refractivity contribution < 1.29 is 9.53 Å². The van der Waals surface area contributed by atoms with E-state index in [0.29, 0.717) is 0 Å². The highest BCUT2D eigenvalue weighted by molar-refractivity contribution is 6.74. The van der Waals surface area contributed by atoms with E-state index in [0.717, 1.165) is 12.8 Å². The highest BCUT2D eigenvalue weighted by Crippen LogP contribution is 2.37. The quantitative estimate of drug-likeness (QED) is 0.570. The Morgan fingerprint density at radius 2 is 1.81 bits per heavy atom. The van der Waals surface area contributed by atoms with Crippen LogP contribution >= 0.6 is 0 Å². The third kappa shape index (κ3) is 5.28. The molecule has 16 heavy (non-hydrogen) atoms. The third-order valence-corrected chi connectivity index (χ3v) is 7.89. The smallest absolute Gasteiger partial charge is 0.192 e. The highest BCUT2D eigenvalue weighted by atomic mass is 28.4. The average molecular weight is 244 g/mol. The van der Waals surface area contributed by atoms with Crippen molar-refractivity contribution in [1.82, 2.24) is 0 Å². The minimum absolute atomic E-state index is 0.0792. The van der Waals surface area contributed by atoms with Crippen LogP contribution in [0.15, 0.2) is 12.7 Å². The maximum atomic E-state index is 9.28. The SMILES string of the molecule is C=C[C@@H](CC[C@@H](C)O)O[Si](C)(C)C(C)(C)C. The van der Waals surface area contributed by atoms with Crippen molar-refractivity contribution in [1.29, 1.82) is 0 Å². The van der Waals surface area contributed by atoms with Gasteiger partial charge in [0.1, 0.15) is 0 Å². The number of aliphatic hydroxyl groups is 1. The first-order valence-corrected chi connectivity index (χ1v) is 8.99. The van der Waals surface area contributed by atoms with E-state index in [1.54, 1.807) is 0 Å². The van der Waals surface area contributed by atoms with Crippen molar-refractivity contribution in [3.8, 4) is 0 Å². The first-order chi connectivity index (χ1) is 7.10. The predicted molar refractivity (Wildman–Crippen MR) is 73.2 cm³/mol. The van der Waals surface area contributed by atoms with Crippen molar-refractivity contribution in [3.63, 3.8) is 0 Å². The average Bonchev–Trinajstić information content (AvgIpc) is 2.09. The van der Waals surface area contributed by atoms with Crippen LogP contribution < -0.4 is 0 Å². The standard InChI is InChI=1S/C13H28O2Si/c1-8-12(10-9-11(2)14)15-16(6,7)13(3,4)5/h8,11-12,14H,1,9-10H2,2-7H3/t11-,12+/m1/s1. The Kier molecular flexibility index (Phi) is 5.94. The largest absolute Gasteiger partial charge is 0.411 e. The van der Waals surface area contributed by atoms with E-state index in [1.807, 2.05) is 13.0 Å². The molecule has 0 saturated carbocycles. The molecule has 0 aromatic rings. The van der Waals surface area contributed by atoms with Gasteiger partial charge in [-0.05, 0) is 37.9 Å². The Morgan fingerprint density at radius 1 is 1.31 bits per heavy atom. The van der Waals surface area contributed by atoms with Gasteiger partial charge in [0.05, 0.1) is 12.2 Å². The summed E-state index contributed by atoms with van der Waals surface area (Å²) in [5.74, 6) is 0. The van der Waals surface area contributed by atoms with Gasteiger partial charge in [-0.1, -0.05) is 26.8 Å². The molecule has 0 bridgehead atoms. The molecule has 0 fully saturated rings. The summed E-state index contributed by atoms with van der Waals surface area (Å²) in [6.45, 7) is 16.8. The van der Waals surface area contributed by atoms with Gasteiger partial charge < -0.3 is 9.53 Å². The van der Waals surface area contributed by atoms with Crippen LogP contribution in [-0.4, -0.2) is 25.6 Å². The van der Waals surface area contributed by atoms with E-state index in [9.17, 15) is 5.11 Å². The molecule has 0 aromatic heterocycles. The Labute approximate surface area is 102 Å². The summed E-state index contributed by atoms with van der Waals surface area (Å²) >= 11 is 0. The normalized spacial score (nSPS) is 16.9. The molecule has 2 nitrogen and oxygen atoms in total. The Bertz CT molecular complexity index is 216. The molecule has 0 spiro atoms. The van der Waals surface area contributed by atoms with Gasteiger partial charge in [-0.3, -0.25) is 0 Å². The van der Waals surface area contributed by atoms with Gasteiger partial charge in [-0.25, -0.2) is 0 Å². The van der Waals surface area contributed by atoms with E-state index < -0.39 is 8.32 Å². The molecule has 0 radical (unpaired) electrons. The summed E-state index contributed by atoms with van der Waals surface area (Å²) < 4.78 is 6.21. The lowest BCUT2D eigenvalue weighted by atomic mass is 10.1. The van der Waals surface area contributed by atoms with E-state index in [1.165, 1.54) is 0 Å². The molecule has 0 amide bonds. The first-order valence-electron chi connectivity index (χ1n) is 6.08. The summed E-state index contributed by atoms with van der Waals surface area (Å²) in [5, 5.41) is 9.50. The molecular weight excluding hydrogens is 216 g/mol. The molecule has 0 saturated heterocycles. The molecule has 0 aliphatic rings. The van der Waals surface area contributed by atoms with Gasteiger partial charge in [-0.15, -0.1) is 6.58 Å². The lowest BCUT2D eigenvalue weighted by Gasteiger charge is -2.38. The number of hydrogen-bond donors (Lipinski definition) is 1. The fourth-order valence-corrected chi connectivity index (χ4v) is 2.51. The van der Waals surface area contributed by atoms with Crippen LogP contribution in [0.2, 0.25) is 18.1 Å². The number of aliphatic hydroxyl groups excluding tert-OH is 1. The molecule has 0 aliphatic carbocycles. The van der Waals surface area contributed by atoms with E-state index in [2.05, 4.69) is 40.4 Å². The summed E-state index contributed by atoms with van der Waals surface area (Å²) in [6.07, 6.45) is 3.31. The maximum Gasteiger partial charge on any atom is 0.192 e. The summed E-state index contributed by atoms with van der Waals surface area (Å²) in [6, 6.07) is 0. The minimum atomic E-state index is -1.71. The lowest BCUT2D eigenvalue weighted by molar-refractivity contribution is 0.149. The van der Waals surface area contributed by atoms with Crippen molar-refractivity contribution in [2.24, 2.45) is 0 Å². The second-order valence-corrected chi connectivity index (χ2v) is 10.8.